The molecule has 3 aliphatic rings. The zero-order valence-electron chi connectivity index (χ0n) is 23.3. The minimum Gasteiger partial charge on any atom is -0.850 e. The number of benzene rings is 2. The number of carbonyl (C=O) groups is 3. The maximum atomic E-state index is 12.9. The van der Waals surface area contributed by atoms with Gasteiger partial charge in [-0.25, -0.2) is 0 Å². The molecule has 2 aromatic rings. The summed E-state index contributed by atoms with van der Waals surface area (Å²) in [6.45, 7) is 9.99. The molecule has 2 saturated heterocycles. The Balaban J connectivity index is 0.000000644. The van der Waals surface area contributed by atoms with Crippen LogP contribution in [0.5, 0.6) is 5.75 Å². The van der Waals surface area contributed by atoms with Gasteiger partial charge in [0.25, 0.3) is 5.91 Å². The van der Waals surface area contributed by atoms with E-state index in [2.05, 4.69) is 34.5 Å². The van der Waals surface area contributed by atoms with Gasteiger partial charge in [0, 0.05) is 37.2 Å². The van der Waals surface area contributed by atoms with E-state index in [1.54, 1.807) is 37.8 Å². The molecule has 0 bridgehead atoms. The van der Waals surface area contributed by atoms with Gasteiger partial charge in [0.2, 0.25) is 11.8 Å². The van der Waals surface area contributed by atoms with E-state index in [1.807, 2.05) is 6.07 Å². The van der Waals surface area contributed by atoms with Gasteiger partial charge < -0.3 is 19.5 Å². The summed E-state index contributed by atoms with van der Waals surface area (Å²) in [5.74, 6) is -0.252. The first-order valence-electron chi connectivity index (χ1n) is 13.1. The molecule has 0 saturated carbocycles. The van der Waals surface area contributed by atoms with Gasteiger partial charge in [0.05, 0.1) is 19.8 Å². The maximum Gasteiger partial charge on any atom is 1.00 e. The van der Waals surface area contributed by atoms with Crippen molar-refractivity contribution in [1.82, 2.24) is 15.1 Å². The van der Waals surface area contributed by atoms with E-state index < -0.39 is 17.6 Å². The number of imide groups is 1. The molecule has 2 aromatic carbocycles. The Hall–Kier alpha value is -1.63. The number of ether oxygens (including phenoxy) is 2. The average Bonchev–Trinajstić information content (AvgIpc) is 3.20. The number of amides is 3. The summed E-state index contributed by atoms with van der Waals surface area (Å²) in [5, 5.41) is 12.4. The van der Waals surface area contributed by atoms with Crippen molar-refractivity contribution >= 4 is 17.7 Å². The summed E-state index contributed by atoms with van der Waals surface area (Å²) >= 11 is 0. The predicted octanol–water partition coefficient (Wildman–Crippen LogP) is -0.992. The minimum absolute atomic E-state index is 0. The van der Waals surface area contributed by atoms with E-state index in [9.17, 15) is 19.5 Å². The third-order valence-corrected chi connectivity index (χ3v) is 6.47. The van der Waals surface area contributed by atoms with E-state index in [0.717, 1.165) is 44.0 Å². The molecule has 1 unspecified atom stereocenters. The third kappa shape index (κ3) is 9.19. The van der Waals surface area contributed by atoms with Gasteiger partial charge in [-0.05, 0) is 29.7 Å². The molecule has 10 heteroatoms. The van der Waals surface area contributed by atoms with E-state index in [4.69, 9.17) is 9.47 Å². The molecular formula is C29H36KN3O6. The molecule has 0 aromatic heterocycles. The molecular weight excluding hydrogens is 525 g/mol. The van der Waals surface area contributed by atoms with Crippen LogP contribution in [0.2, 0.25) is 0 Å². The largest absolute Gasteiger partial charge is 1.00 e. The van der Waals surface area contributed by atoms with Crippen molar-refractivity contribution in [2.75, 3.05) is 26.3 Å². The van der Waals surface area contributed by atoms with Crippen LogP contribution in [0.3, 0.4) is 0 Å². The zero-order valence-corrected chi connectivity index (χ0v) is 26.4. The minimum atomic E-state index is -0.750. The fourth-order valence-corrected chi connectivity index (χ4v) is 4.61. The molecule has 204 valence electrons. The van der Waals surface area contributed by atoms with Crippen molar-refractivity contribution in [3.8, 4) is 5.75 Å². The molecule has 9 nitrogen and oxygen atoms in total. The molecule has 5 rings (SSSR count). The van der Waals surface area contributed by atoms with Gasteiger partial charge in [-0.15, -0.1) is 5.60 Å². The number of rotatable bonds is 6. The molecule has 3 amide bonds. The molecule has 0 aliphatic carbocycles. The number of morpholine rings is 1. The van der Waals surface area contributed by atoms with Crippen LogP contribution >= 0.6 is 0 Å². The van der Waals surface area contributed by atoms with Crippen molar-refractivity contribution in [3.05, 3.63) is 64.7 Å². The first-order chi connectivity index (χ1) is 18.1. The number of nitrogens with one attached hydrogen (secondary N) is 1. The Morgan fingerprint density at radius 3 is 2.31 bits per heavy atom. The number of hydrogen-bond acceptors (Lipinski definition) is 7. The van der Waals surface area contributed by atoms with Gasteiger partial charge in [-0.1, -0.05) is 51.1 Å². The summed E-state index contributed by atoms with van der Waals surface area (Å²) in [5.41, 5.74) is 2.89. The first kappa shape index (κ1) is 31.9. The molecule has 2 fully saturated rings. The SMILES string of the molecule is CC(C)(C)[O-].O=C1CCC(N2Cc3c(OCc4ccc(CN5CCOCC5)cc4)cccc3C2=O)C(=O)N1.[K+]. The van der Waals surface area contributed by atoms with Crippen molar-refractivity contribution in [2.45, 2.75) is 65.0 Å². The number of nitrogens with zero attached hydrogens (tertiary/aromatic N) is 2. The van der Waals surface area contributed by atoms with Crippen LogP contribution in [0, 0.1) is 0 Å². The van der Waals surface area contributed by atoms with Gasteiger partial charge in [0.1, 0.15) is 18.4 Å². The van der Waals surface area contributed by atoms with Crippen molar-refractivity contribution in [1.29, 1.82) is 0 Å². The van der Waals surface area contributed by atoms with Gasteiger partial charge in [0.15, 0.2) is 0 Å². The Bertz CT molecular complexity index is 1150. The standard InChI is InChI=1S/C25H27N3O5.C4H9O.K/c29-23-9-8-21(24(30)26-23)28-15-20-19(25(28)31)2-1-3-22(20)33-16-18-6-4-17(5-7-18)14-27-10-12-32-13-11-27;1-4(2,3)5;/h1-7,21H,8-16H2,(H,26,29,30);1-3H3;/q;-1;+1. The first-order valence-corrected chi connectivity index (χ1v) is 13.1. The van der Waals surface area contributed by atoms with Crippen LogP contribution in [0.15, 0.2) is 42.5 Å². The Morgan fingerprint density at radius 1 is 1.03 bits per heavy atom. The van der Waals surface area contributed by atoms with Crippen LogP contribution in [-0.2, 0) is 34.0 Å². The maximum absolute atomic E-state index is 12.9. The monoisotopic (exact) mass is 561 g/mol. The van der Waals surface area contributed by atoms with Gasteiger partial charge >= 0.3 is 51.4 Å². The normalized spacial score (nSPS) is 19.4. The van der Waals surface area contributed by atoms with Crippen LogP contribution in [0.1, 0.15) is 60.7 Å². The number of piperidine rings is 1. The summed E-state index contributed by atoms with van der Waals surface area (Å²) in [6.07, 6.45) is 0.582. The topological polar surface area (TPSA) is 111 Å². The third-order valence-electron chi connectivity index (χ3n) is 6.47. The number of fused-ring (bicyclic) bond motifs is 1. The molecule has 39 heavy (non-hydrogen) atoms. The predicted molar refractivity (Wildman–Crippen MR) is 139 cm³/mol. The quantitative estimate of drug-likeness (QED) is 0.356. The number of hydrogen-bond donors (Lipinski definition) is 1. The van der Waals surface area contributed by atoms with Gasteiger partial charge in [-0.2, -0.15) is 0 Å². The van der Waals surface area contributed by atoms with E-state index >= 15 is 0 Å². The van der Waals surface area contributed by atoms with E-state index in [1.165, 1.54) is 5.56 Å². The Morgan fingerprint density at radius 2 is 1.67 bits per heavy atom. The second kappa shape index (κ2) is 14.3. The molecule has 3 aliphatic heterocycles. The summed E-state index contributed by atoms with van der Waals surface area (Å²) in [4.78, 5) is 40.6. The summed E-state index contributed by atoms with van der Waals surface area (Å²) in [6, 6.07) is 13.2. The summed E-state index contributed by atoms with van der Waals surface area (Å²) in [7, 11) is 0. The van der Waals surface area contributed by atoms with Gasteiger partial charge in [-0.3, -0.25) is 24.6 Å². The fraction of sp³-hybridized carbons (Fsp3) is 0.483. The van der Waals surface area contributed by atoms with Crippen LogP contribution in [0.4, 0.5) is 0 Å². The molecule has 1 N–H and O–H groups in total. The van der Waals surface area contributed by atoms with Crippen molar-refractivity contribution in [2.24, 2.45) is 0 Å². The molecule has 1 atom stereocenters. The molecule has 0 radical (unpaired) electrons. The second-order valence-corrected chi connectivity index (χ2v) is 10.8. The van der Waals surface area contributed by atoms with Crippen LogP contribution in [0.25, 0.3) is 0 Å². The molecule has 3 heterocycles. The zero-order chi connectivity index (χ0) is 27.3. The molecule has 0 spiro atoms. The smallest absolute Gasteiger partial charge is 0.850 e. The Kier molecular flexibility index (Phi) is 11.7. The van der Waals surface area contributed by atoms with Crippen LogP contribution < -0.4 is 66.5 Å². The van der Waals surface area contributed by atoms with E-state index in [-0.39, 0.29) is 69.6 Å². The Labute approximate surface area is 272 Å². The fourth-order valence-electron chi connectivity index (χ4n) is 4.61. The van der Waals surface area contributed by atoms with E-state index in [0.29, 0.717) is 30.9 Å². The van der Waals surface area contributed by atoms with Crippen molar-refractivity contribution in [3.63, 3.8) is 0 Å². The van der Waals surface area contributed by atoms with Crippen LogP contribution in [-0.4, -0.2) is 65.5 Å². The summed E-state index contributed by atoms with van der Waals surface area (Å²) < 4.78 is 11.5. The second-order valence-electron chi connectivity index (χ2n) is 10.8. The van der Waals surface area contributed by atoms with Crippen molar-refractivity contribution < 1.29 is 80.3 Å². The average molecular weight is 562 g/mol. The number of carbonyl (C=O) groups excluding carboxylic acids is 3.